The van der Waals surface area contributed by atoms with Crippen LogP contribution < -0.4 is 0 Å². The Morgan fingerprint density at radius 3 is 2.27 bits per heavy atom. The van der Waals surface area contributed by atoms with Gasteiger partial charge in [-0.25, -0.2) is 4.99 Å². The molecule has 26 heavy (non-hydrogen) atoms. The molecule has 0 amide bonds. The molecule has 1 unspecified atom stereocenters. The first-order valence-electron chi connectivity index (χ1n) is 9.65. The van der Waals surface area contributed by atoms with Crippen molar-refractivity contribution in [2.24, 2.45) is 4.99 Å². The summed E-state index contributed by atoms with van der Waals surface area (Å²) in [7, 11) is 0. The van der Waals surface area contributed by atoms with Crippen molar-refractivity contribution in [3.8, 4) is 0 Å². The number of nitrogens with zero attached hydrogens (tertiary/aromatic N) is 2. The molecule has 0 N–H and O–H groups in total. The van der Waals surface area contributed by atoms with Gasteiger partial charge < -0.3 is 4.90 Å². The van der Waals surface area contributed by atoms with Gasteiger partial charge in [-0.1, -0.05) is 67.6 Å². The molecule has 2 aromatic carbocycles. The average molecular weight is 340 g/mol. The van der Waals surface area contributed by atoms with Crippen LogP contribution in [0.3, 0.4) is 0 Å². The fourth-order valence-corrected chi connectivity index (χ4v) is 4.82. The summed E-state index contributed by atoms with van der Waals surface area (Å²) in [6, 6.07) is 21.6. The number of rotatable bonds is 3. The van der Waals surface area contributed by atoms with Crippen molar-refractivity contribution < 1.29 is 0 Å². The molecule has 2 heterocycles. The van der Waals surface area contributed by atoms with Crippen molar-refractivity contribution in [2.75, 3.05) is 6.54 Å². The van der Waals surface area contributed by atoms with Crippen molar-refractivity contribution in [3.05, 3.63) is 83.1 Å². The Kier molecular flexibility index (Phi) is 3.43. The van der Waals surface area contributed by atoms with Crippen LogP contribution in [0.4, 0.5) is 0 Å². The Bertz CT molecular complexity index is 950. The summed E-state index contributed by atoms with van der Waals surface area (Å²) in [4.78, 5) is 7.72. The summed E-state index contributed by atoms with van der Waals surface area (Å²) in [5.74, 6) is 1.18. The van der Waals surface area contributed by atoms with Crippen molar-refractivity contribution in [3.63, 3.8) is 0 Å². The second kappa shape index (κ2) is 5.70. The number of hydrogen-bond donors (Lipinski definition) is 0. The summed E-state index contributed by atoms with van der Waals surface area (Å²) < 4.78 is 0. The third-order valence-corrected chi connectivity index (χ3v) is 6.27. The smallest absolute Gasteiger partial charge is 0.137 e. The number of aliphatic imine (C=N–C) groups is 1. The predicted octanol–water partition coefficient (Wildman–Crippen LogP) is 5.54. The standard InChI is InChI=1S/C24H24N2/c1-3-24-16-21(24)17(2)25-23-22(19-12-8-5-9-13-19)20(14-15-26(23)24)18-10-6-4-7-11-18/h4-13H,3,14-16H2,1-2H3. The van der Waals surface area contributed by atoms with Gasteiger partial charge in [-0.05, 0) is 48.5 Å². The molecule has 3 aliphatic rings. The molecule has 0 saturated heterocycles. The number of amidine groups is 1. The van der Waals surface area contributed by atoms with Crippen LogP contribution in [-0.2, 0) is 0 Å². The van der Waals surface area contributed by atoms with Crippen LogP contribution in [0.15, 0.2) is 76.9 Å². The molecular formula is C24H24N2. The molecular weight excluding hydrogens is 316 g/mol. The predicted molar refractivity (Wildman–Crippen MR) is 109 cm³/mol. The van der Waals surface area contributed by atoms with Gasteiger partial charge in [0.25, 0.3) is 0 Å². The third kappa shape index (κ3) is 2.14. The van der Waals surface area contributed by atoms with Gasteiger partial charge in [-0.15, -0.1) is 0 Å². The zero-order valence-corrected chi connectivity index (χ0v) is 15.5. The third-order valence-electron chi connectivity index (χ3n) is 6.27. The van der Waals surface area contributed by atoms with E-state index in [2.05, 4.69) is 79.4 Å². The van der Waals surface area contributed by atoms with Crippen LogP contribution in [0.2, 0.25) is 0 Å². The fourth-order valence-electron chi connectivity index (χ4n) is 4.82. The van der Waals surface area contributed by atoms with E-state index in [1.54, 1.807) is 5.57 Å². The monoisotopic (exact) mass is 340 g/mol. The second-order valence-electron chi connectivity index (χ2n) is 7.55. The Balaban J connectivity index is 1.75. The van der Waals surface area contributed by atoms with Crippen molar-refractivity contribution in [1.29, 1.82) is 0 Å². The number of allylic oxidation sites excluding steroid dienone is 1. The lowest BCUT2D eigenvalue weighted by Gasteiger charge is -2.41. The van der Waals surface area contributed by atoms with Crippen molar-refractivity contribution >= 4 is 17.0 Å². The highest BCUT2D eigenvalue weighted by atomic mass is 15.3. The van der Waals surface area contributed by atoms with Gasteiger partial charge >= 0.3 is 0 Å². The van der Waals surface area contributed by atoms with E-state index in [0.717, 1.165) is 13.0 Å². The zero-order valence-electron chi connectivity index (χ0n) is 15.5. The average Bonchev–Trinajstić information content (AvgIpc) is 3.46. The Morgan fingerprint density at radius 2 is 1.62 bits per heavy atom. The van der Waals surface area contributed by atoms with E-state index in [-0.39, 0.29) is 5.54 Å². The molecule has 2 aliphatic heterocycles. The molecule has 5 rings (SSSR count). The van der Waals surface area contributed by atoms with Crippen molar-refractivity contribution in [2.45, 2.75) is 38.6 Å². The zero-order chi connectivity index (χ0) is 17.7. The Morgan fingerprint density at radius 1 is 0.962 bits per heavy atom. The lowest BCUT2D eigenvalue weighted by atomic mass is 9.86. The van der Waals surface area contributed by atoms with E-state index >= 15 is 0 Å². The second-order valence-corrected chi connectivity index (χ2v) is 7.55. The summed E-state index contributed by atoms with van der Waals surface area (Å²) in [6.45, 7) is 5.57. The first-order valence-corrected chi connectivity index (χ1v) is 9.65. The highest BCUT2D eigenvalue weighted by Gasteiger charge is 2.57. The van der Waals surface area contributed by atoms with Gasteiger partial charge in [0.2, 0.25) is 0 Å². The minimum absolute atomic E-state index is 0.239. The molecule has 2 nitrogen and oxygen atoms in total. The SMILES string of the molecule is CCC12CC1=C(C)N=C1C(c3ccccc3)=C(c3ccccc3)CCN12. The number of fused-ring (bicyclic) bond motifs is 3. The van der Waals surface area contributed by atoms with Gasteiger partial charge in [0.05, 0.1) is 5.54 Å². The highest BCUT2D eigenvalue weighted by molar-refractivity contribution is 6.31. The van der Waals surface area contributed by atoms with Crippen LogP contribution in [0.25, 0.3) is 11.1 Å². The van der Waals surface area contributed by atoms with Crippen LogP contribution in [0.5, 0.6) is 0 Å². The first kappa shape index (κ1) is 15.6. The summed E-state index contributed by atoms with van der Waals surface area (Å²) in [5.41, 5.74) is 8.38. The van der Waals surface area contributed by atoms with E-state index in [9.17, 15) is 0 Å². The molecule has 1 atom stereocenters. The lowest BCUT2D eigenvalue weighted by molar-refractivity contribution is 0.296. The van der Waals surface area contributed by atoms with Gasteiger partial charge in [0.15, 0.2) is 0 Å². The van der Waals surface area contributed by atoms with E-state index in [1.807, 2.05) is 0 Å². The van der Waals surface area contributed by atoms with Crippen molar-refractivity contribution in [1.82, 2.24) is 4.90 Å². The quantitative estimate of drug-likeness (QED) is 0.716. The van der Waals surface area contributed by atoms with Gasteiger partial charge in [-0.2, -0.15) is 0 Å². The molecule has 2 heteroatoms. The first-order chi connectivity index (χ1) is 12.7. The van der Waals surface area contributed by atoms with E-state index < -0.39 is 0 Å². The van der Waals surface area contributed by atoms with Crippen LogP contribution in [-0.4, -0.2) is 22.8 Å². The summed E-state index contributed by atoms with van der Waals surface area (Å²) in [6.07, 6.45) is 3.42. The van der Waals surface area contributed by atoms with E-state index in [4.69, 9.17) is 4.99 Å². The number of hydrogen-bond acceptors (Lipinski definition) is 2. The molecule has 1 aliphatic carbocycles. The number of benzene rings is 2. The maximum absolute atomic E-state index is 5.12. The lowest BCUT2D eigenvalue weighted by Crippen LogP contribution is -2.47. The topological polar surface area (TPSA) is 15.6 Å². The van der Waals surface area contributed by atoms with Gasteiger partial charge in [-0.3, -0.25) is 0 Å². The van der Waals surface area contributed by atoms with Gasteiger partial charge in [0, 0.05) is 17.8 Å². The normalized spacial score (nSPS) is 24.2. The molecule has 0 spiro atoms. The Labute approximate surface area is 155 Å². The molecule has 2 aromatic rings. The Hall–Kier alpha value is -2.61. The van der Waals surface area contributed by atoms with Crippen LogP contribution in [0.1, 0.15) is 44.2 Å². The molecule has 0 bridgehead atoms. The minimum Gasteiger partial charge on any atom is -0.346 e. The molecule has 1 saturated carbocycles. The van der Waals surface area contributed by atoms with Crippen LogP contribution in [0, 0.1) is 0 Å². The van der Waals surface area contributed by atoms with Crippen LogP contribution >= 0.6 is 0 Å². The summed E-state index contributed by atoms with van der Waals surface area (Å²) >= 11 is 0. The maximum atomic E-state index is 5.12. The van der Waals surface area contributed by atoms with E-state index in [0.29, 0.717) is 0 Å². The highest BCUT2D eigenvalue weighted by Crippen LogP contribution is 2.57. The fraction of sp³-hybridized carbons (Fsp3) is 0.292. The molecule has 130 valence electrons. The van der Waals surface area contributed by atoms with E-state index in [1.165, 1.54) is 46.6 Å². The molecule has 1 fully saturated rings. The maximum Gasteiger partial charge on any atom is 0.137 e. The summed E-state index contributed by atoms with van der Waals surface area (Å²) in [5, 5.41) is 0. The minimum atomic E-state index is 0.239. The largest absolute Gasteiger partial charge is 0.346 e. The molecule has 0 aromatic heterocycles. The van der Waals surface area contributed by atoms with Gasteiger partial charge in [0.1, 0.15) is 5.84 Å². The molecule has 0 radical (unpaired) electrons.